The van der Waals surface area contributed by atoms with E-state index in [0.29, 0.717) is 12.0 Å². The molecule has 0 saturated carbocycles. The van der Waals surface area contributed by atoms with Crippen molar-refractivity contribution in [3.63, 3.8) is 0 Å². The van der Waals surface area contributed by atoms with Crippen molar-refractivity contribution in [1.82, 2.24) is 4.57 Å². The van der Waals surface area contributed by atoms with Gasteiger partial charge in [0, 0.05) is 29.7 Å². The minimum Gasteiger partial charge on any atom is -0.394 e. The first-order valence-electron chi connectivity index (χ1n) is 8.90. The average Bonchev–Trinajstić information content (AvgIpc) is 2.91. The van der Waals surface area contributed by atoms with Crippen LogP contribution in [-0.2, 0) is 6.42 Å². The smallest absolute Gasteiger partial charge is 0.131 e. The highest BCUT2D eigenvalue weighted by Gasteiger charge is 2.53. The van der Waals surface area contributed by atoms with E-state index in [4.69, 9.17) is 0 Å². The van der Waals surface area contributed by atoms with Crippen LogP contribution in [0.25, 0.3) is 10.9 Å². The third kappa shape index (κ3) is 1.57. The van der Waals surface area contributed by atoms with Gasteiger partial charge in [-0.25, -0.2) is 0 Å². The lowest BCUT2D eigenvalue weighted by molar-refractivity contribution is -0.943. The molecule has 3 unspecified atom stereocenters. The molecule has 4 atom stereocenters. The number of rotatable bonds is 1. The SMILES string of the molecule is C/C=C1/C[N+]2(C)CCc3c4n(c5ccccc35)[C@@H](CO)C1CC42. The highest BCUT2D eigenvalue weighted by Crippen LogP contribution is 2.55. The summed E-state index contributed by atoms with van der Waals surface area (Å²) >= 11 is 0. The first kappa shape index (κ1) is 13.8. The Balaban J connectivity index is 1.88. The second-order valence-electron chi connectivity index (χ2n) is 7.83. The fourth-order valence-electron chi connectivity index (χ4n) is 5.73. The van der Waals surface area contributed by atoms with Gasteiger partial charge in [-0.2, -0.15) is 0 Å². The maximum atomic E-state index is 10.2. The minimum atomic E-state index is 0.206. The molecule has 0 amide bonds. The summed E-state index contributed by atoms with van der Waals surface area (Å²) in [4.78, 5) is 0. The molecule has 1 saturated heterocycles. The first-order valence-corrected chi connectivity index (χ1v) is 8.90. The highest BCUT2D eigenvalue weighted by atomic mass is 16.3. The molecule has 5 rings (SSSR count). The molecule has 3 aliphatic rings. The van der Waals surface area contributed by atoms with Gasteiger partial charge in [-0.05, 0) is 24.1 Å². The maximum absolute atomic E-state index is 10.2. The normalized spacial score (nSPS) is 36.7. The van der Waals surface area contributed by atoms with Gasteiger partial charge in [0.1, 0.15) is 12.6 Å². The van der Waals surface area contributed by atoms with Gasteiger partial charge in [0.15, 0.2) is 0 Å². The fraction of sp³-hybridized carbons (Fsp3) is 0.500. The van der Waals surface area contributed by atoms with Crippen molar-refractivity contribution in [2.24, 2.45) is 5.92 Å². The van der Waals surface area contributed by atoms with Gasteiger partial charge >= 0.3 is 0 Å². The van der Waals surface area contributed by atoms with Crippen LogP contribution in [0.15, 0.2) is 35.9 Å². The molecule has 2 bridgehead atoms. The van der Waals surface area contributed by atoms with Crippen molar-refractivity contribution < 1.29 is 9.59 Å². The van der Waals surface area contributed by atoms with Crippen LogP contribution >= 0.6 is 0 Å². The number of aliphatic hydroxyl groups excluding tert-OH is 1. The van der Waals surface area contributed by atoms with Gasteiger partial charge in [0.05, 0.1) is 31.9 Å². The molecule has 4 heterocycles. The summed E-state index contributed by atoms with van der Waals surface area (Å²) in [7, 11) is 2.44. The Morgan fingerprint density at radius 2 is 2.17 bits per heavy atom. The topological polar surface area (TPSA) is 25.2 Å². The van der Waals surface area contributed by atoms with Crippen LogP contribution < -0.4 is 0 Å². The Morgan fingerprint density at radius 1 is 1.35 bits per heavy atom. The summed E-state index contributed by atoms with van der Waals surface area (Å²) in [6, 6.07) is 9.63. The molecule has 0 spiro atoms. The Bertz CT molecular complexity index is 834. The minimum absolute atomic E-state index is 0.206. The summed E-state index contributed by atoms with van der Waals surface area (Å²) in [6.45, 7) is 4.81. The Labute approximate surface area is 137 Å². The number of hydrogen-bond donors (Lipinski definition) is 1. The fourth-order valence-corrected chi connectivity index (χ4v) is 5.73. The van der Waals surface area contributed by atoms with Crippen LogP contribution in [0, 0.1) is 5.92 Å². The van der Waals surface area contributed by atoms with Gasteiger partial charge < -0.3 is 14.2 Å². The molecule has 120 valence electrons. The number of hydrogen-bond acceptors (Lipinski definition) is 1. The van der Waals surface area contributed by atoms with E-state index < -0.39 is 0 Å². The third-order valence-corrected chi connectivity index (χ3v) is 6.85. The maximum Gasteiger partial charge on any atom is 0.131 e. The third-order valence-electron chi connectivity index (χ3n) is 6.85. The standard InChI is InChI=1S/C20H25N2O/c1-3-13-11-22(2)9-8-15-14-6-4-5-7-17(14)21-18(12-23)16(13)10-19(22)20(15)21/h3-7,16,18-19,23H,8-12H2,1-2H3/q+1/b13-3-/t16?,18-,19?,22?/m0/s1. The Morgan fingerprint density at radius 3 is 2.96 bits per heavy atom. The lowest BCUT2D eigenvalue weighted by Gasteiger charge is -2.55. The predicted octanol–water partition coefficient (Wildman–Crippen LogP) is 3.20. The number of fused-ring (bicyclic) bond motifs is 4. The van der Waals surface area contributed by atoms with Crippen LogP contribution in [0.4, 0.5) is 0 Å². The molecule has 3 nitrogen and oxygen atoms in total. The van der Waals surface area contributed by atoms with E-state index in [2.05, 4.69) is 48.9 Å². The largest absolute Gasteiger partial charge is 0.394 e. The van der Waals surface area contributed by atoms with Crippen molar-refractivity contribution >= 4 is 10.9 Å². The number of para-hydroxylation sites is 1. The van der Waals surface area contributed by atoms with Gasteiger partial charge in [0.2, 0.25) is 0 Å². The van der Waals surface area contributed by atoms with E-state index in [1.165, 1.54) is 29.6 Å². The first-order chi connectivity index (χ1) is 11.2. The Kier molecular flexibility index (Phi) is 2.70. The number of piperidine rings is 1. The molecule has 1 aromatic carbocycles. The monoisotopic (exact) mass is 309 g/mol. The second kappa shape index (κ2) is 4.49. The van der Waals surface area contributed by atoms with E-state index in [0.717, 1.165) is 17.4 Å². The van der Waals surface area contributed by atoms with Crippen LogP contribution in [-0.4, -0.2) is 40.9 Å². The quantitative estimate of drug-likeness (QED) is 0.635. The predicted molar refractivity (Wildman–Crippen MR) is 92.3 cm³/mol. The number of aliphatic hydroxyl groups is 1. The molecule has 3 aliphatic heterocycles. The van der Waals surface area contributed by atoms with Crippen molar-refractivity contribution in [2.75, 3.05) is 26.7 Å². The number of aromatic nitrogens is 1. The van der Waals surface area contributed by atoms with Crippen molar-refractivity contribution in [2.45, 2.75) is 31.8 Å². The lowest BCUT2D eigenvalue weighted by Crippen LogP contribution is -2.59. The van der Waals surface area contributed by atoms with E-state index in [1.807, 2.05) is 0 Å². The number of likely N-dealkylation sites (N-methyl/N-ethyl adjacent to an activating group) is 1. The van der Waals surface area contributed by atoms with E-state index in [1.54, 1.807) is 11.1 Å². The van der Waals surface area contributed by atoms with Crippen molar-refractivity contribution in [3.05, 3.63) is 47.2 Å². The molecule has 2 aromatic rings. The van der Waals surface area contributed by atoms with Gasteiger partial charge in [-0.15, -0.1) is 0 Å². The second-order valence-corrected chi connectivity index (χ2v) is 7.83. The summed E-state index contributed by atoms with van der Waals surface area (Å²) < 4.78 is 3.67. The summed E-state index contributed by atoms with van der Waals surface area (Å²) in [6.07, 6.45) is 4.68. The van der Waals surface area contributed by atoms with E-state index >= 15 is 0 Å². The zero-order valence-electron chi connectivity index (χ0n) is 14.0. The van der Waals surface area contributed by atoms with Crippen LogP contribution in [0.1, 0.15) is 36.7 Å². The highest BCUT2D eigenvalue weighted by molar-refractivity contribution is 5.86. The average molecular weight is 309 g/mol. The van der Waals surface area contributed by atoms with E-state index in [9.17, 15) is 5.11 Å². The van der Waals surface area contributed by atoms with Crippen LogP contribution in [0.3, 0.4) is 0 Å². The van der Waals surface area contributed by atoms with E-state index in [-0.39, 0.29) is 12.6 Å². The molecule has 1 aromatic heterocycles. The molecule has 0 radical (unpaired) electrons. The van der Waals surface area contributed by atoms with Crippen LogP contribution in [0.5, 0.6) is 0 Å². The molecular formula is C20H25N2O+. The van der Waals surface area contributed by atoms with Crippen molar-refractivity contribution in [3.8, 4) is 0 Å². The lowest BCUT2D eigenvalue weighted by atomic mass is 9.74. The van der Waals surface area contributed by atoms with Crippen LogP contribution in [0.2, 0.25) is 0 Å². The number of allylic oxidation sites excluding steroid dienone is 1. The molecule has 3 heteroatoms. The molecule has 23 heavy (non-hydrogen) atoms. The summed E-state index contributed by atoms with van der Waals surface area (Å²) in [5, 5.41) is 11.6. The zero-order valence-corrected chi connectivity index (χ0v) is 14.0. The summed E-state index contributed by atoms with van der Waals surface area (Å²) in [5.41, 5.74) is 5.97. The van der Waals surface area contributed by atoms with Gasteiger partial charge in [0.25, 0.3) is 0 Å². The van der Waals surface area contributed by atoms with Crippen molar-refractivity contribution in [1.29, 1.82) is 0 Å². The molecular weight excluding hydrogens is 284 g/mol. The summed E-state index contributed by atoms with van der Waals surface area (Å²) in [5.74, 6) is 0.496. The molecule has 1 fully saturated rings. The molecule has 0 aliphatic carbocycles. The number of benzene rings is 1. The number of quaternary nitrogens is 1. The zero-order chi connectivity index (χ0) is 15.8. The molecule has 1 N–H and O–H groups in total. The van der Waals surface area contributed by atoms with Gasteiger partial charge in [-0.3, -0.25) is 0 Å². The Hall–Kier alpha value is -1.58. The van der Waals surface area contributed by atoms with Gasteiger partial charge in [-0.1, -0.05) is 24.3 Å². The number of nitrogens with zero attached hydrogens (tertiary/aromatic N) is 2.